The first-order valence-electron chi connectivity index (χ1n) is 9.79. The summed E-state index contributed by atoms with van der Waals surface area (Å²) in [5, 5.41) is 43.3. The zero-order chi connectivity index (χ0) is 22.6. The van der Waals surface area contributed by atoms with Gasteiger partial charge >= 0.3 is 0 Å². The third kappa shape index (κ3) is 2.77. The lowest BCUT2D eigenvalue weighted by molar-refractivity contribution is -0.797. The van der Waals surface area contributed by atoms with Crippen LogP contribution >= 0.6 is 0 Å². The minimum atomic E-state index is -1.09. The molecular formula is C24H14N4O4. The number of ketones is 2. The Morgan fingerprint density at radius 1 is 0.688 bits per heavy atom. The van der Waals surface area contributed by atoms with Crippen molar-refractivity contribution in [1.82, 2.24) is 0 Å². The molecule has 0 saturated carbocycles. The van der Waals surface area contributed by atoms with Crippen LogP contribution in [0.1, 0.15) is 55.1 Å². The maximum Gasteiger partial charge on any atom is 0.231 e. The van der Waals surface area contributed by atoms with E-state index in [1.807, 2.05) is 12.1 Å². The van der Waals surface area contributed by atoms with E-state index in [1.54, 1.807) is 24.3 Å². The first-order valence-corrected chi connectivity index (χ1v) is 9.79. The third-order valence-electron chi connectivity index (χ3n) is 5.99. The average Bonchev–Trinajstić information content (AvgIpc) is 3.22. The van der Waals surface area contributed by atoms with Gasteiger partial charge in [-0.3, -0.25) is 9.59 Å². The van der Waals surface area contributed by atoms with Crippen LogP contribution in [0.3, 0.4) is 0 Å². The van der Waals surface area contributed by atoms with Gasteiger partial charge in [0.15, 0.2) is 12.1 Å². The second kappa shape index (κ2) is 7.20. The first-order chi connectivity index (χ1) is 15.4. The molecule has 32 heavy (non-hydrogen) atoms. The number of hydroxylamine groups is 2. The van der Waals surface area contributed by atoms with Crippen molar-refractivity contribution in [2.24, 2.45) is 0 Å². The number of hydrogen-bond donors (Lipinski definition) is 2. The molecule has 0 aromatic heterocycles. The average molecular weight is 422 g/mol. The number of nitrogens with one attached hydrogen (secondary N) is 2. The molecule has 2 aliphatic rings. The molecule has 2 N–H and O–H groups in total. The molecule has 0 aliphatic carbocycles. The topological polar surface area (TPSA) is 137 Å². The Labute approximate surface area is 182 Å². The molecule has 2 heterocycles. The SMILES string of the molecule is N#Cc1ccc2c(c1)[NH+]([O-])C(c1cccc(C3C(=O)c4ccc(C#N)cc4[NH+]3[O-])c1)C2=O. The lowest BCUT2D eigenvalue weighted by atomic mass is 9.95. The van der Waals surface area contributed by atoms with Crippen LogP contribution in [0.5, 0.6) is 0 Å². The molecule has 3 aromatic rings. The number of hydrogen-bond acceptors (Lipinski definition) is 6. The summed E-state index contributed by atoms with van der Waals surface area (Å²) in [7, 11) is 0. The lowest BCUT2D eigenvalue weighted by Gasteiger charge is -2.26. The highest BCUT2D eigenvalue weighted by molar-refractivity contribution is 6.07. The molecule has 8 heteroatoms. The molecule has 0 spiro atoms. The van der Waals surface area contributed by atoms with Crippen LogP contribution in [0.25, 0.3) is 0 Å². The summed E-state index contributed by atoms with van der Waals surface area (Å²) in [5.74, 6) is -0.754. The van der Waals surface area contributed by atoms with Gasteiger partial charge in [-0.2, -0.15) is 10.5 Å². The van der Waals surface area contributed by atoms with Gasteiger partial charge in [0.1, 0.15) is 11.4 Å². The van der Waals surface area contributed by atoms with E-state index < -0.39 is 22.2 Å². The Hall–Kier alpha value is -4.18. The molecule has 8 nitrogen and oxygen atoms in total. The highest BCUT2D eigenvalue weighted by Crippen LogP contribution is 2.32. The second-order valence-electron chi connectivity index (χ2n) is 7.74. The van der Waals surface area contributed by atoms with E-state index in [2.05, 4.69) is 0 Å². The number of rotatable bonds is 2. The smallest absolute Gasteiger partial charge is 0.231 e. The maximum atomic E-state index is 13.0. The van der Waals surface area contributed by atoms with Gasteiger partial charge in [0.25, 0.3) is 0 Å². The third-order valence-corrected chi connectivity index (χ3v) is 5.99. The molecule has 3 aromatic carbocycles. The zero-order valence-corrected chi connectivity index (χ0v) is 16.5. The van der Waals surface area contributed by atoms with Crippen LogP contribution in [-0.2, 0) is 0 Å². The van der Waals surface area contributed by atoms with Gasteiger partial charge < -0.3 is 20.5 Å². The Kier molecular flexibility index (Phi) is 4.45. The second-order valence-corrected chi connectivity index (χ2v) is 7.74. The fourth-order valence-corrected chi connectivity index (χ4v) is 4.45. The van der Waals surface area contributed by atoms with Crippen LogP contribution in [0.4, 0.5) is 11.4 Å². The van der Waals surface area contributed by atoms with Crippen molar-refractivity contribution < 1.29 is 19.7 Å². The van der Waals surface area contributed by atoms with E-state index in [9.17, 15) is 20.0 Å². The molecule has 5 rings (SSSR count). The fraction of sp³-hybridized carbons (Fsp3) is 0.0833. The maximum absolute atomic E-state index is 13.0. The van der Waals surface area contributed by atoms with Gasteiger partial charge in [0.05, 0.1) is 34.4 Å². The van der Waals surface area contributed by atoms with Crippen molar-refractivity contribution in [3.05, 3.63) is 104 Å². The molecule has 0 radical (unpaired) electrons. The largest absolute Gasteiger partial charge is 0.628 e. The van der Waals surface area contributed by atoms with Crippen molar-refractivity contribution in [2.75, 3.05) is 0 Å². The Bertz CT molecular complexity index is 1300. The molecular weight excluding hydrogens is 408 g/mol. The van der Waals surface area contributed by atoms with Gasteiger partial charge in [0.2, 0.25) is 11.6 Å². The summed E-state index contributed by atoms with van der Waals surface area (Å²) in [6, 6.07) is 16.9. The zero-order valence-electron chi connectivity index (χ0n) is 16.5. The molecule has 0 bridgehead atoms. The first kappa shape index (κ1) is 19.8. The van der Waals surface area contributed by atoms with Crippen LogP contribution in [0.2, 0.25) is 0 Å². The summed E-state index contributed by atoms with van der Waals surface area (Å²) in [4.78, 5) is 25.9. The van der Waals surface area contributed by atoms with Crippen LogP contribution in [-0.4, -0.2) is 11.6 Å². The number of carbonyl (C=O) groups is 2. The predicted octanol–water partition coefficient (Wildman–Crippen LogP) is 1.33. The van der Waals surface area contributed by atoms with Crippen molar-refractivity contribution in [3.8, 4) is 12.1 Å². The summed E-state index contributed by atoms with van der Waals surface area (Å²) < 4.78 is 0. The number of fused-ring (bicyclic) bond motifs is 2. The quantitative estimate of drug-likeness (QED) is 0.598. The Balaban J connectivity index is 1.53. The van der Waals surface area contributed by atoms with Gasteiger partial charge in [-0.1, -0.05) is 18.2 Å². The molecule has 4 unspecified atom stereocenters. The molecule has 0 saturated heterocycles. The van der Waals surface area contributed by atoms with Gasteiger partial charge in [0, 0.05) is 23.3 Å². The van der Waals surface area contributed by atoms with Crippen molar-refractivity contribution in [3.63, 3.8) is 0 Å². The van der Waals surface area contributed by atoms with E-state index in [-0.39, 0.29) is 45.2 Å². The number of carbonyl (C=O) groups excluding carboxylic acids is 2. The minimum absolute atomic E-state index is 0.203. The number of quaternary nitrogens is 2. The summed E-state index contributed by atoms with van der Waals surface area (Å²) in [6.45, 7) is 0. The standard InChI is InChI=1S/C24H14N4O4/c25-11-13-4-6-17-19(8-13)27(31)21(23(17)29)15-2-1-3-16(10-15)22-24(30)18-7-5-14(12-26)9-20(18)28(22)32/h1-10,21-22,27-28H. The number of nitrogens with zero attached hydrogens (tertiary/aromatic N) is 2. The Morgan fingerprint density at radius 3 is 1.53 bits per heavy atom. The minimum Gasteiger partial charge on any atom is -0.628 e. The predicted molar refractivity (Wildman–Crippen MR) is 111 cm³/mol. The van der Waals surface area contributed by atoms with Crippen LogP contribution in [0.15, 0.2) is 60.7 Å². The number of benzene rings is 3. The van der Waals surface area contributed by atoms with Gasteiger partial charge in [-0.15, -0.1) is 0 Å². The number of nitriles is 2. The van der Waals surface area contributed by atoms with Crippen molar-refractivity contribution in [2.45, 2.75) is 12.1 Å². The summed E-state index contributed by atoms with van der Waals surface area (Å²) in [5.41, 5.74) is 2.28. The van der Waals surface area contributed by atoms with Crippen LogP contribution in [0, 0.1) is 33.1 Å². The van der Waals surface area contributed by atoms with E-state index >= 15 is 0 Å². The summed E-state index contributed by atoms with van der Waals surface area (Å²) in [6.07, 6.45) is 0. The van der Waals surface area contributed by atoms with E-state index in [0.29, 0.717) is 11.1 Å². The van der Waals surface area contributed by atoms with E-state index in [1.165, 1.54) is 36.4 Å². The van der Waals surface area contributed by atoms with Gasteiger partial charge in [-0.25, -0.2) is 0 Å². The van der Waals surface area contributed by atoms with Crippen molar-refractivity contribution >= 4 is 22.9 Å². The molecule has 4 atom stereocenters. The monoisotopic (exact) mass is 422 g/mol. The lowest BCUT2D eigenvalue weighted by Crippen LogP contribution is -3.01. The Morgan fingerprint density at radius 2 is 1.12 bits per heavy atom. The fourth-order valence-electron chi connectivity index (χ4n) is 4.45. The number of Topliss-reactive ketones (excluding diaryl/α,β-unsaturated/α-hetero) is 2. The highest BCUT2D eigenvalue weighted by Gasteiger charge is 2.42. The van der Waals surface area contributed by atoms with Crippen molar-refractivity contribution in [1.29, 1.82) is 10.5 Å². The molecule has 2 aliphatic heterocycles. The van der Waals surface area contributed by atoms with Gasteiger partial charge in [-0.05, 0) is 30.3 Å². The van der Waals surface area contributed by atoms with E-state index in [0.717, 1.165) is 0 Å². The molecule has 0 amide bonds. The van der Waals surface area contributed by atoms with Crippen LogP contribution < -0.4 is 10.1 Å². The molecule has 154 valence electrons. The highest BCUT2D eigenvalue weighted by atomic mass is 16.5. The normalized spacial score (nSPS) is 23.4. The van der Waals surface area contributed by atoms with E-state index in [4.69, 9.17) is 10.5 Å². The summed E-state index contributed by atoms with van der Waals surface area (Å²) >= 11 is 0. The molecule has 0 fully saturated rings.